The molecule has 1 aliphatic heterocycles. The first-order valence-electron chi connectivity index (χ1n) is 6.26. The topological polar surface area (TPSA) is 42.2 Å². The smallest absolute Gasteiger partial charge is 0.125 e. The molecule has 0 saturated carbocycles. The van der Waals surface area contributed by atoms with Crippen LogP contribution >= 0.6 is 0 Å². The number of anilines is 2. The Bertz CT molecular complexity index is 330. The third-order valence-corrected chi connectivity index (χ3v) is 3.44. The number of nitrogens with two attached hydrogens (primary N) is 1. The van der Waals surface area contributed by atoms with Crippen LogP contribution in [0.4, 0.5) is 11.5 Å². The van der Waals surface area contributed by atoms with Gasteiger partial charge in [0.15, 0.2) is 0 Å². The minimum atomic E-state index is 0.619. The van der Waals surface area contributed by atoms with E-state index in [1.165, 1.54) is 31.4 Å². The summed E-state index contributed by atoms with van der Waals surface area (Å²) in [6.45, 7) is 4.60. The molecule has 16 heavy (non-hydrogen) atoms. The fraction of sp³-hybridized carbons (Fsp3) is 0.615. The van der Waals surface area contributed by atoms with Crippen molar-refractivity contribution in [3.8, 4) is 0 Å². The van der Waals surface area contributed by atoms with Gasteiger partial charge in [-0.1, -0.05) is 19.8 Å². The molecule has 0 bridgehead atoms. The zero-order valence-electron chi connectivity index (χ0n) is 10.0. The Labute approximate surface area is 97.7 Å². The lowest BCUT2D eigenvalue weighted by Crippen LogP contribution is -2.33. The highest BCUT2D eigenvalue weighted by molar-refractivity contribution is 5.52. The lowest BCUT2D eigenvalue weighted by atomic mass is 9.92. The van der Waals surface area contributed by atoms with Gasteiger partial charge in [-0.25, -0.2) is 4.98 Å². The number of pyridine rings is 1. The fourth-order valence-electron chi connectivity index (χ4n) is 2.52. The molecule has 2 rings (SSSR count). The average Bonchev–Trinajstić information content (AvgIpc) is 2.30. The second kappa shape index (κ2) is 5.19. The Morgan fingerprint density at radius 2 is 2.19 bits per heavy atom. The van der Waals surface area contributed by atoms with Crippen molar-refractivity contribution in [2.75, 3.05) is 23.7 Å². The van der Waals surface area contributed by atoms with Gasteiger partial charge in [-0.3, -0.25) is 0 Å². The van der Waals surface area contributed by atoms with Crippen LogP contribution in [0.2, 0.25) is 0 Å². The minimum Gasteiger partial charge on any atom is -0.384 e. The molecule has 0 aliphatic carbocycles. The van der Waals surface area contributed by atoms with Crippen molar-refractivity contribution in [1.29, 1.82) is 0 Å². The predicted molar refractivity (Wildman–Crippen MR) is 68.5 cm³/mol. The Morgan fingerprint density at radius 1 is 1.44 bits per heavy atom. The summed E-state index contributed by atoms with van der Waals surface area (Å²) in [5, 5.41) is 0. The minimum absolute atomic E-state index is 0.619. The maximum Gasteiger partial charge on any atom is 0.125 e. The number of hydrogen-bond donors (Lipinski definition) is 1. The highest BCUT2D eigenvalue weighted by atomic mass is 15.1. The van der Waals surface area contributed by atoms with Gasteiger partial charge in [-0.15, -0.1) is 0 Å². The number of nitrogens with zero attached hydrogens (tertiary/aromatic N) is 2. The Kier molecular flexibility index (Phi) is 3.65. The molecule has 88 valence electrons. The van der Waals surface area contributed by atoms with Gasteiger partial charge in [0, 0.05) is 31.0 Å². The summed E-state index contributed by atoms with van der Waals surface area (Å²) in [7, 11) is 0. The van der Waals surface area contributed by atoms with Crippen LogP contribution < -0.4 is 10.6 Å². The van der Waals surface area contributed by atoms with Gasteiger partial charge >= 0.3 is 0 Å². The number of rotatable bonds is 3. The first-order chi connectivity index (χ1) is 7.79. The fourth-order valence-corrected chi connectivity index (χ4v) is 2.52. The van der Waals surface area contributed by atoms with Crippen LogP contribution in [0.5, 0.6) is 0 Å². The van der Waals surface area contributed by atoms with Crippen molar-refractivity contribution in [2.45, 2.75) is 32.6 Å². The molecule has 3 nitrogen and oxygen atoms in total. The average molecular weight is 219 g/mol. The summed E-state index contributed by atoms with van der Waals surface area (Å²) in [5.41, 5.74) is 6.93. The molecule has 0 atom stereocenters. The van der Waals surface area contributed by atoms with Gasteiger partial charge in [-0.2, -0.15) is 0 Å². The van der Waals surface area contributed by atoms with E-state index in [0.717, 1.165) is 19.0 Å². The van der Waals surface area contributed by atoms with E-state index in [4.69, 9.17) is 5.73 Å². The zero-order valence-corrected chi connectivity index (χ0v) is 10.0. The highest BCUT2D eigenvalue weighted by Crippen LogP contribution is 2.26. The van der Waals surface area contributed by atoms with Crippen LogP contribution in [0.25, 0.3) is 0 Å². The van der Waals surface area contributed by atoms with Crippen molar-refractivity contribution in [3.63, 3.8) is 0 Å². The van der Waals surface area contributed by atoms with Crippen LogP contribution in [0.15, 0.2) is 18.3 Å². The molecule has 1 aliphatic rings. The molecular weight excluding hydrogens is 198 g/mol. The molecule has 1 saturated heterocycles. The van der Waals surface area contributed by atoms with E-state index in [0.29, 0.717) is 5.82 Å². The largest absolute Gasteiger partial charge is 0.384 e. The van der Waals surface area contributed by atoms with Crippen LogP contribution in [0.3, 0.4) is 0 Å². The van der Waals surface area contributed by atoms with E-state index >= 15 is 0 Å². The SMILES string of the molecule is CCCC1CCN(c2ccnc(N)c2)CC1. The molecule has 2 heterocycles. The monoisotopic (exact) mass is 219 g/mol. The highest BCUT2D eigenvalue weighted by Gasteiger charge is 2.18. The summed E-state index contributed by atoms with van der Waals surface area (Å²) in [5.74, 6) is 1.55. The van der Waals surface area contributed by atoms with E-state index < -0.39 is 0 Å². The Hall–Kier alpha value is -1.25. The number of nitrogen functional groups attached to an aromatic ring is 1. The summed E-state index contributed by atoms with van der Waals surface area (Å²) in [6, 6.07) is 4.02. The summed E-state index contributed by atoms with van der Waals surface area (Å²) < 4.78 is 0. The molecule has 0 radical (unpaired) electrons. The van der Waals surface area contributed by atoms with Gasteiger partial charge in [0.1, 0.15) is 5.82 Å². The normalized spacial score (nSPS) is 17.7. The van der Waals surface area contributed by atoms with E-state index in [9.17, 15) is 0 Å². The Balaban J connectivity index is 1.94. The van der Waals surface area contributed by atoms with Gasteiger partial charge in [-0.05, 0) is 24.8 Å². The molecule has 0 unspecified atom stereocenters. The van der Waals surface area contributed by atoms with E-state index in [-0.39, 0.29) is 0 Å². The second-order valence-corrected chi connectivity index (χ2v) is 4.66. The summed E-state index contributed by atoms with van der Waals surface area (Å²) in [4.78, 5) is 6.45. The van der Waals surface area contributed by atoms with Crippen molar-refractivity contribution in [3.05, 3.63) is 18.3 Å². The lowest BCUT2D eigenvalue weighted by molar-refractivity contribution is 0.378. The van der Waals surface area contributed by atoms with Crippen LogP contribution in [0.1, 0.15) is 32.6 Å². The summed E-state index contributed by atoms with van der Waals surface area (Å²) >= 11 is 0. The van der Waals surface area contributed by atoms with E-state index in [2.05, 4.69) is 22.9 Å². The van der Waals surface area contributed by atoms with Gasteiger partial charge in [0.2, 0.25) is 0 Å². The van der Waals surface area contributed by atoms with Crippen molar-refractivity contribution in [2.24, 2.45) is 5.92 Å². The zero-order chi connectivity index (χ0) is 11.4. The first kappa shape index (κ1) is 11.2. The molecule has 2 N–H and O–H groups in total. The molecular formula is C13H21N3. The summed E-state index contributed by atoms with van der Waals surface area (Å²) in [6.07, 6.45) is 7.12. The molecule has 1 aromatic heterocycles. The third kappa shape index (κ3) is 2.65. The molecule has 0 spiro atoms. The van der Waals surface area contributed by atoms with Gasteiger partial charge in [0.25, 0.3) is 0 Å². The standard InChI is InChI=1S/C13H21N3/c1-2-3-11-5-8-16(9-6-11)12-4-7-15-13(14)10-12/h4,7,10-11H,2-3,5-6,8-9H2,1H3,(H2,14,15). The molecule has 0 aromatic carbocycles. The third-order valence-electron chi connectivity index (χ3n) is 3.44. The predicted octanol–water partition coefficient (Wildman–Crippen LogP) is 2.68. The number of piperidine rings is 1. The second-order valence-electron chi connectivity index (χ2n) is 4.66. The molecule has 3 heteroatoms. The van der Waals surface area contributed by atoms with Gasteiger partial charge in [0.05, 0.1) is 0 Å². The lowest BCUT2D eigenvalue weighted by Gasteiger charge is -2.33. The van der Waals surface area contributed by atoms with Crippen LogP contribution in [-0.4, -0.2) is 18.1 Å². The quantitative estimate of drug-likeness (QED) is 0.850. The number of aromatic nitrogens is 1. The van der Waals surface area contributed by atoms with E-state index in [1.807, 2.05) is 6.07 Å². The maximum absolute atomic E-state index is 5.70. The van der Waals surface area contributed by atoms with Crippen LogP contribution in [-0.2, 0) is 0 Å². The number of hydrogen-bond acceptors (Lipinski definition) is 3. The Morgan fingerprint density at radius 3 is 2.81 bits per heavy atom. The van der Waals surface area contributed by atoms with Crippen molar-refractivity contribution in [1.82, 2.24) is 4.98 Å². The molecule has 1 aromatic rings. The molecule has 1 fully saturated rings. The molecule has 0 amide bonds. The maximum atomic E-state index is 5.70. The van der Waals surface area contributed by atoms with Gasteiger partial charge < -0.3 is 10.6 Å². The van der Waals surface area contributed by atoms with Crippen LogP contribution in [0, 0.1) is 5.92 Å². The van der Waals surface area contributed by atoms with Crippen molar-refractivity contribution < 1.29 is 0 Å². The first-order valence-corrected chi connectivity index (χ1v) is 6.26. The van der Waals surface area contributed by atoms with E-state index in [1.54, 1.807) is 6.20 Å². The van der Waals surface area contributed by atoms with Crippen molar-refractivity contribution >= 4 is 11.5 Å².